The molecule has 0 saturated heterocycles. The monoisotopic (exact) mass is 419 g/mol. The Kier molecular flexibility index (Phi) is 5.02. The molecule has 1 aromatic heterocycles. The third-order valence-corrected chi connectivity index (χ3v) is 5.65. The molecule has 1 N–H and O–H groups in total. The Morgan fingerprint density at radius 2 is 1.74 bits per heavy atom. The Labute approximate surface area is 179 Å². The highest BCUT2D eigenvalue weighted by molar-refractivity contribution is 5.96. The number of nitrogens with zero attached hydrogens (tertiary/aromatic N) is 2. The maximum atomic E-state index is 13.1. The van der Waals surface area contributed by atoms with Crippen LogP contribution >= 0.6 is 0 Å². The van der Waals surface area contributed by atoms with Gasteiger partial charge in [-0.3, -0.25) is 4.79 Å². The summed E-state index contributed by atoms with van der Waals surface area (Å²) in [6.45, 7) is 2.24. The van der Waals surface area contributed by atoms with E-state index >= 15 is 0 Å². The summed E-state index contributed by atoms with van der Waals surface area (Å²) in [5.74, 6) is 0.290. The van der Waals surface area contributed by atoms with Crippen LogP contribution in [0.15, 0.2) is 48.5 Å². The molecule has 3 aromatic rings. The molecular weight excluding hydrogens is 397 g/mol. The predicted octanol–water partition coefficient (Wildman–Crippen LogP) is 4.21. The first kappa shape index (κ1) is 19.5. The van der Waals surface area contributed by atoms with Crippen molar-refractivity contribution in [2.45, 2.75) is 44.9 Å². The van der Waals surface area contributed by atoms with Crippen molar-refractivity contribution in [2.75, 3.05) is 0 Å². The molecule has 1 aliphatic carbocycles. The molecule has 0 spiro atoms. The number of halogens is 1. The van der Waals surface area contributed by atoms with Gasteiger partial charge in [0.15, 0.2) is 11.5 Å². The molecule has 6 nitrogen and oxygen atoms in total. The molecule has 2 atom stereocenters. The Balaban J connectivity index is 1.48. The molecule has 5 rings (SSSR count). The first-order valence-electron chi connectivity index (χ1n) is 10.4. The summed E-state index contributed by atoms with van der Waals surface area (Å²) in [4.78, 5) is 22.2. The fourth-order valence-corrected chi connectivity index (χ4v) is 3.93. The smallest absolute Gasteiger partial charge is 0.274 e. The zero-order chi connectivity index (χ0) is 21.4. The van der Waals surface area contributed by atoms with Crippen molar-refractivity contribution in [2.24, 2.45) is 0 Å². The van der Waals surface area contributed by atoms with Crippen LogP contribution in [0.2, 0.25) is 0 Å². The van der Waals surface area contributed by atoms with Gasteiger partial charge in [0.25, 0.3) is 11.8 Å². The zero-order valence-corrected chi connectivity index (χ0v) is 17.1. The number of benzene rings is 2. The lowest BCUT2D eigenvalue weighted by Gasteiger charge is -2.29. The van der Waals surface area contributed by atoms with Crippen molar-refractivity contribution in [1.29, 1.82) is 0 Å². The maximum absolute atomic E-state index is 13.1. The van der Waals surface area contributed by atoms with E-state index in [2.05, 4.69) is 15.3 Å². The van der Waals surface area contributed by atoms with Gasteiger partial charge in [-0.25, -0.2) is 9.37 Å². The van der Waals surface area contributed by atoms with Gasteiger partial charge in [-0.1, -0.05) is 42.0 Å². The molecule has 2 aliphatic rings. The van der Waals surface area contributed by atoms with E-state index in [1.807, 2.05) is 31.2 Å². The van der Waals surface area contributed by atoms with Crippen molar-refractivity contribution in [3.05, 3.63) is 71.2 Å². The number of nitrogens with one attached hydrogen (secondary N) is 1. The van der Waals surface area contributed by atoms with Gasteiger partial charge in [0.1, 0.15) is 18.0 Å². The molecule has 0 bridgehead atoms. The number of ether oxygens (including phenoxy) is 2. The Bertz CT molecular complexity index is 1120. The minimum Gasteiger partial charge on any atom is -0.479 e. The number of hydrogen-bond acceptors (Lipinski definition) is 5. The average Bonchev–Trinajstić information content (AvgIpc) is 3.24. The lowest BCUT2D eigenvalue weighted by molar-refractivity contribution is 0.0362. The van der Waals surface area contributed by atoms with Crippen LogP contribution < -0.4 is 14.8 Å². The number of amides is 1. The first-order valence-corrected chi connectivity index (χ1v) is 10.4. The van der Waals surface area contributed by atoms with Gasteiger partial charge >= 0.3 is 0 Å². The summed E-state index contributed by atoms with van der Waals surface area (Å²) in [5, 5.41) is 2.85. The summed E-state index contributed by atoms with van der Waals surface area (Å²) >= 11 is 0. The minimum atomic E-state index is -0.392. The third-order valence-electron chi connectivity index (χ3n) is 5.65. The average molecular weight is 419 g/mol. The second-order valence-corrected chi connectivity index (χ2v) is 7.95. The van der Waals surface area contributed by atoms with Crippen molar-refractivity contribution < 1.29 is 18.7 Å². The molecule has 1 aliphatic heterocycles. The normalized spacial score (nSPS) is 19.0. The summed E-state index contributed by atoms with van der Waals surface area (Å²) in [6.07, 6.45) is 2.64. The van der Waals surface area contributed by atoms with Crippen LogP contribution in [0, 0.1) is 12.7 Å². The number of carbonyl (C=O) groups is 1. The van der Waals surface area contributed by atoms with Crippen LogP contribution in [-0.2, 0) is 6.54 Å². The number of fused-ring (bicyclic) bond motifs is 2. The zero-order valence-electron chi connectivity index (χ0n) is 17.1. The fraction of sp³-hybridized carbons (Fsp3) is 0.292. The molecule has 7 heteroatoms. The van der Waals surface area contributed by atoms with Gasteiger partial charge in [-0.05, 0) is 43.9 Å². The Morgan fingerprint density at radius 1 is 1.03 bits per heavy atom. The summed E-state index contributed by atoms with van der Waals surface area (Å²) in [7, 11) is 0. The van der Waals surface area contributed by atoms with Gasteiger partial charge in [0.05, 0.1) is 0 Å². The maximum Gasteiger partial charge on any atom is 0.274 e. The molecule has 158 valence electrons. The van der Waals surface area contributed by atoms with Crippen LogP contribution in [0.5, 0.6) is 11.6 Å². The molecule has 1 fully saturated rings. The van der Waals surface area contributed by atoms with E-state index in [4.69, 9.17) is 9.47 Å². The quantitative estimate of drug-likeness (QED) is 0.686. The third kappa shape index (κ3) is 3.95. The van der Waals surface area contributed by atoms with Gasteiger partial charge in [0.2, 0.25) is 5.75 Å². The van der Waals surface area contributed by atoms with Gasteiger partial charge in [-0.2, -0.15) is 4.98 Å². The van der Waals surface area contributed by atoms with Crippen molar-refractivity contribution in [3.63, 3.8) is 0 Å². The molecule has 2 unspecified atom stereocenters. The Hall–Kier alpha value is -3.48. The number of rotatable bonds is 4. The van der Waals surface area contributed by atoms with Crippen molar-refractivity contribution >= 4 is 5.91 Å². The molecule has 31 heavy (non-hydrogen) atoms. The van der Waals surface area contributed by atoms with Gasteiger partial charge in [0, 0.05) is 12.1 Å². The van der Waals surface area contributed by atoms with E-state index in [-0.39, 0.29) is 36.0 Å². The van der Waals surface area contributed by atoms with Gasteiger partial charge in [-0.15, -0.1) is 0 Å². The lowest BCUT2D eigenvalue weighted by Crippen LogP contribution is -2.37. The number of carbonyl (C=O) groups excluding carboxylic acids is 1. The second-order valence-electron chi connectivity index (χ2n) is 7.95. The second kappa shape index (κ2) is 7.98. The van der Waals surface area contributed by atoms with Gasteiger partial charge < -0.3 is 14.8 Å². The first-order chi connectivity index (χ1) is 15.1. The van der Waals surface area contributed by atoms with Crippen LogP contribution in [0.4, 0.5) is 4.39 Å². The number of aromatic nitrogens is 2. The van der Waals surface area contributed by atoms with Crippen LogP contribution in [-0.4, -0.2) is 28.1 Å². The SMILES string of the molecule is Cc1ccc(-c2nc3c(c(C(=O)NCc4ccc(F)cc4)n2)OC2CCCC2O3)cc1. The van der Waals surface area contributed by atoms with E-state index < -0.39 is 5.91 Å². The summed E-state index contributed by atoms with van der Waals surface area (Å²) in [6, 6.07) is 13.8. The minimum absolute atomic E-state index is 0.0524. The predicted molar refractivity (Wildman–Crippen MR) is 112 cm³/mol. The molecule has 2 heterocycles. The van der Waals surface area contributed by atoms with Crippen molar-refractivity contribution in [1.82, 2.24) is 15.3 Å². The highest BCUT2D eigenvalue weighted by atomic mass is 19.1. The topological polar surface area (TPSA) is 73.3 Å². The molecule has 1 amide bonds. The molecule has 0 radical (unpaired) electrons. The molecule has 2 aromatic carbocycles. The van der Waals surface area contributed by atoms with Crippen LogP contribution in [0.25, 0.3) is 11.4 Å². The summed E-state index contributed by atoms with van der Waals surface area (Å²) in [5.41, 5.74) is 2.84. The number of aryl methyl sites for hydroxylation is 1. The molecular formula is C24H22FN3O3. The van der Waals surface area contributed by atoms with E-state index in [1.54, 1.807) is 12.1 Å². The highest BCUT2D eigenvalue weighted by Crippen LogP contribution is 2.41. The van der Waals surface area contributed by atoms with E-state index in [0.29, 0.717) is 11.7 Å². The highest BCUT2D eigenvalue weighted by Gasteiger charge is 2.39. The Morgan fingerprint density at radius 3 is 2.48 bits per heavy atom. The standard InChI is InChI=1S/C24H22FN3O3/c1-14-5-9-16(10-6-14)22-27-20(23(29)26-13-15-7-11-17(25)12-8-15)21-24(28-22)31-19-4-2-3-18(19)30-21/h5-12,18-19H,2-4,13H2,1H3,(H,26,29). The largest absolute Gasteiger partial charge is 0.479 e. The fourth-order valence-electron chi connectivity index (χ4n) is 3.93. The lowest BCUT2D eigenvalue weighted by atomic mass is 10.1. The van der Waals surface area contributed by atoms with E-state index in [0.717, 1.165) is 36.0 Å². The van der Waals surface area contributed by atoms with Crippen LogP contribution in [0.1, 0.15) is 40.9 Å². The van der Waals surface area contributed by atoms with Crippen LogP contribution in [0.3, 0.4) is 0 Å². The molecule has 1 saturated carbocycles. The van der Waals surface area contributed by atoms with E-state index in [9.17, 15) is 9.18 Å². The summed E-state index contributed by atoms with van der Waals surface area (Å²) < 4.78 is 25.4. The number of hydrogen-bond donors (Lipinski definition) is 1. The van der Waals surface area contributed by atoms with Crippen molar-refractivity contribution in [3.8, 4) is 23.0 Å². The van der Waals surface area contributed by atoms with E-state index in [1.165, 1.54) is 12.1 Å².